The monoisotopic (exact) mass is 248 g/mol. The first-order chi connectivity index (χ1) is 8.73. The van der Waals surface area contributed by atoms with Gasteiger partial charge in [-0.25, -0.2) is 0 Å². The van der Waals surface area contributed by atoms with Crippen molar-refractivity contribution in [3.05, 3.63) is 35.9 Å². The van der Waals surface area contributed by atoms with Crippen LogP contribution in [0.5, 0.6) is 0 Å². The van der Waals surface area contributed by atoms with E-state index in [9.17, 15) is 0 Å². The Kier molecular flexibility index (Phi) is 4.79. The topological polar surface area (TPSA) is 18.5 Å². The zero-order chi connectivity index (χ0) is 12.8. The summed E-state index contributed by atoms with van der Waals surface area (Å²) in [5, 5.41) is 0. The Labute approximate surface area is 110 Å². The number of hydrogen-bond donors (Lipinski definition) is 0. The van der Waals surface area contributed by atoms with Crippen LogP contribution in [0.3, 0.4) is 0 Å². The summed E-state index contributed by atoms with van der Waals surface area (Å²) in [6, 6.07) is 10.3. The lowest BCUT2D eigenvalue weighted by atomic mass is 10.1. The summed E-state index contributed by atoms with van der Waals surface area (Å²) >= 11 is 0. The van der Waals surface area contributed by atoms with E-state index in [1.165, 1.54) is 31.2 Å². The zero-order valence-corrected chi connectivity index (χ0v) is 11.5. The predicted octanol–water partition coefficient (Wildman–Crippen LogP) is 4.46. The highest BCUT2D eigenvalue weighted by atomic mass is 16.7. The van der Waals surface area contributed by atoms with E-state index in [0.29, 0.717) is 6.61 Å². The highest BCUT2D eigenvalue weighted by molar-refractivity contribution is 5.18. The van der Waals surface area contributed by atoms with Crippen molar-refractivity contribution in [2.45, 2.75) is 57.8 Å². The summed E-state index contributed by atoms with van der Waals surface area (Å²) in [5.41, 5.74) is 1.22. The minimum absolute atomic E-state index is 0.0994. The fourth-order valence-electron chi connectivity index (χ4n) is 2.46. The summed E-state index contributed by atoms with van der Waals surface area (Å²) < 4.78 is 12.0. The molecule has 18 heavy (non-hydrogen) atoms. The van der Waals surface area contributed by atoms with Crippen LogP contribution < -0.4 is 0 Å². The van der Waals surface area contributed by atoms with Gasteiger partial charge in [-0.3, -0.25) is 0 Å². The van der Waals surface area contributed by atoms with Gasteiger partial charge in [-0.05, 0) is 18.9 Å². The number of unbranched alkanes of at least 4 members (excludes halogenated alkanes) is 3. The van der Waals surface area contributed by atoms with E-state index in [-0.39, 0.29) is 11.9 Å². The van der Waals surface area contributed by atoms with Crippen molar-refractivity contribution in [3.63, 3.8) is 0 Å². The fraction of sp³-hybridized carbons (Fsp3) is 0.625. The van der Waals surface area contributed by atoms with Crippen molar-refractivity contribution in [3.8, 4) is 0 Å². The van der Waals surface area contributed by atoms with E-state index in [1.54, 1.807) is 0 Å². The van der Waals surface area contributed by atoms with E-state index in [1.807, 2.05) is 6.07 Å². The van der Waals surface area contributed by atoms with Crippen LogP contribution in [-0.2, 0) is 9.47 Å². The molecule has 0 amide bonds. The maximum Gasteiger partial charge on any atom is 0.166 e. The second kappa shape index (κ2) is 6.35. The van der Waals surface area contributed by atoms with Gasteiger partial charge in [0.25, 0.3) is 0 Å². The number of ether oxygens (including phenoxy) is 2. The molecule has 2 atom stereocenters. The van der Waals surface area contributed by atoms with Crippen LogP contribution in [0, 0.1) is 0 Å². The quantitative estimate of drug-likeness (QED) is 0.692. The Balaban J connectivity index is 1.83. The van der Waals surface area contributed by atoms with Crippen molar-refractivity contribution in [1.82, 2.24) is 0 Å². The largest absolute Gasteiger partial charge is 0.347 e. The zero-order valence-electron chi connectivity index (χ0n) is 11.5. The molecule has 0 unspecified atom stereocenters. The molecule has 1 heterocycles. The maximum atomic E-state index is 6.09. The third-order valence-electron chi connectivity index (χ3n) is 3.59. The normalized spacial score (nSPS) is 27.6. The van der Waals surface area contributed by atoms with Crippen LogP contribution >= 0.6 is 0 Å². The molecule has 0 radical (unpaired) electrons. The number of hydrogen-bond acceptors (Lipinski definition) is 2. The van der Waals surface area contributed by atoms with Crippen molar-refractivity contribution >= 4 is 0 Å². The molecule has 1 aromatic rings. The lowest BCUT2D eigenvalue weighted by Crippen LogP contribution is -2.25. The van der Waals surface area contributed by atoms with Crippen LogP contribution in [0.25, 0.3) is 0 Å². The summed E-state index contributed by atoms with van der Waals surface area (Å²) in [6.45, 7) is 4.98. The van der Waals surface area contributed by atoms with Crippen molar-refractivity contribution in [1.29, 1.82) is 0 Å². The number of rotatable bonds is 6. The molecule has 1 aromatic carbocycles. The first-order valence-electron chi connectivity index (χ1n) is 7.10. The van der Waals surface area contributed by atoms with Gasteiger partial charge in [-0.1, -0.05) is 56.5 Å². The van der Waals surface area contributed by atoms with Crippen LogP contribution in [0.2, 0.25) is 0 Å². The minimum atomic E-state index is -0.381. The summed E-state index contributed by atoms with van der Waals surface area (Å²) in [5.74, 6) is -0.381. The van der Waals surface area contributed by atoms with Gasteiger partial charge in [-0.15, -0.1) is 0 Å². The Bertz CT molecular complexity index is 349. The Hall–Kier alpha value is -0.860. The van der Waals surface area contributed by atoms with E-state index in [2.05, 4.69) is 38.1 Å². The van der Waals surface area contributed by atoms with Gasteiger partial charge in [0, 0.05) is 6.42 Å². The molecule has 2 rings (SSSR count). The van der Waals surface area contributed by atoms with Crippen LogP contribution in [0.1, 0.15) is 57.6 Å². The predicted molar refractivity (Wildman–Crippen MR) is 73.4 cm³/mol. The summed E-state index contributed by atoms with van der Waals surface area (Å²) in [4.78, 5) is 0. The van der Waals surface area contributed by atoms with Crippen LogP contribution in [-0.4, -0.2) is 12.4 Å². The van der Waals surface area contributed by atoms with E-state index in [4.69, 9.17) is 9.47 Å². The van der Waals surface area contributed by atoms with Crippen LogP contribution in [0.15, 0.2) is 30.3 Å². The maximum absolute atomic E-state index is 6.09. The van der Waals surface area contributed by atoms with E-state index < -0.39 is 0 Å². The SMILES string of the molecule is CCCCCC[C@@]1(C)OC[C@H](c2ccccc2)O1. The molecule has 1 saturated heterocycles. The third-order valence-corrected chi connectivity index (χ3v) is 3.59. The molecule has 100 valence electrons. The lowest BCUT2D eigenvalue weighted by molar-refractivity contribution is -0.160. The average Bonchev–Trinajstić information content (AvgIpc) is 2.79. The molecule has 0 aliphatic carbocycles. The third kappa shape index (κ3) is 3.56. The highest BCUT2D eigenvalue weighted by Crippen LogP contribution is 2.36. The molecule has 0 bridgehead atoms. The van der Waals surface area contributed by atoms with Gasteiger partial charge in [0.05, 0.1) is 6.61 Å². The molecule has 1 aliphatic rings. The Morgan fingerprint density at radius 2 is 1.94 bits per heavy atom. The summed E-state index contributed by atoms with van der Waals surface area (Å²) in [7, 11) is 0. The first kappa shape index (κ1) is 13.6. The van der Waals surface area contributed by atoms with Gasteiger partial charge in [-0.2, -0.15) is 0 Å². The van der Waals surface area contributed by atoms with E-state index >= 15 is 0 Å². The van der Waals surface area contributed by atoms with Gasteiger partial charge >= 0.3 is 0 Å². The standard InChI is InChI=1S/C16H24O2/c1-3-4-5-9-12-16(2)17-13-15(18-16)14-10-7-6-8-11-14/h6-8,10-11,15H,3-5,9,12-13H2,1-2H3/t15-,16+/m1/s1. The van der Waals surface area contributed by atoms with Crippen LogP contribution in [0.4, 0.5) is 0 Å². The Morgan fingerprint density at radius 3 is 2.67 bits per heavy atom. The van der Waals surface area contributed by atoms with Crippen molar-refractivity contribution < 1.29 is 9.47 Å². The van der Waals surface area contributed by atoms with Gasteiger partial charge in [0.1, 0.15) is 6.10 Å². The van der Waals surface area contributed by atoms with E-state index in [0.717, 1.165) is 6.42 Å². The molecule has 0 N–H and O–H groups in total. The molecular weight excluding hydrogens is 224 g/mol. The minimum Gasteiger partial charge on any atom is -0.347 e. The molecule has 0 saturated carbocycles. The number of benzene rings is 1. The van der Waals surface area contributed by atoms with Crippen molar-refractivity contribution in [2.24, 2.45) is 0 Å². The summed E-state index contributed by atoms with van der Waals surface area (Å²) in [6.07, 6.45) is 6.13. The first-order valence-corrected chi connectivity index (χ1v) is 7.10. The van der Waals surface area contributed by atoms with Crippen molar-refractivity contribution in [2.75, 3.05) is 6.61 Å². The fourth-order valence-corrected chi connectivity index (χ4v) is 2.46. The lowest BCUT2D eigenvalue weighted by Gasteiger charge is -2.23. The second-order valence-electron chi connectivity index (χ2n) is 5.27. The van der Waals surface area contributed by atoms with Gasteiger partial charge < -0.3 is 9.47 Å². The molecule has 2 heteroatoms. The average molecular weight is 248 g/mol. The van der Waals surface area contributed by atoms with Gasteiger partial charge in [0.15, 0.2) is 5.79 Å². The molecule has 0 aromatic heterocycles. The second-order valence-corrected chi connectivity index (χ2v) is 5.27. The van der Waals surface area contributed by atoms with Gasteiger partial charge in [0.2, 0.25) is 0 Å². The highest BCUT2D eigenvalue weighted by Gasteiger charge is 2.37. The molecule has 1 aliphatic heterocycles. The molecule has 1 fully saturated rings. The Morgan fingerprint density at radius 1 is 1.17 bits per heavy atom. The molecular formula is C16H24O2. The smallest absolute Gasteiger partial charge is 0.166 e. The molecule has 2 nitrogen and oxygen atoms in total. The molecule has 0 spiro atoms.